The van der Waals surface area contributed by atoms with Crippen molar-refractivity contribution in [3.8, 4) is 0 Å². The van der Waals surface area contributed by atoms with Crippen LogP contribution in [-0.2, 0) is 21.3 Å². The summed E-state index contributed by atoms with van der Waals surface area (Å²) in [7, 11) is -1.86. The van der Waals surface area contributed by atoms with Gasteiger partial charge in [-0.3, -0.25) is 0 Å². The molecule has 0 spiro atoms. The molecule has 1 rings (SSSR count). The Bertz CT molecular complexity index is 471. The highest BCUT2D eigenvalue weighted by Gasteiger charge is 2.17. The molecule has 1 aromatic heterocycles. The van der Waals surface area contributed by atoms with E-state index in [-0.39, 0.29) is 12.6 Å². The lowest BCUT2D eigenvalue weighted by Crippen LogP contribution is -2.31. The van der Waals surface area contributed by atoms with Gasteiger partial charge in [0.15, 0.2) is 0 Å². The second-order valence-corrected chi connectivity index (χ2v) is 7.46. The Labute approximate surface area is 119 Å². The van der Waals surface area contributed by atoms with E-state index < -0.39 is 10.0 Å². The lowest BCUT2D eigenvalue weighted by atomic mass is 10.4. The number of thiophene rings is 1. The Hall–Kier alpha value is -0.470. The Morgan fingerprint density at radius 2 is 2.16 bits per heavy atom. The van der Waals surface area contributed by atoms with Crippen LogP contribution in [0, 0.1) is 0 Å². The van der Waals surface area contributed by atoms with Gasteiger partial charge in [0.1, 0.15) is 4.21 Å². The minimum absolute atomic E-state index is 0.138. The SMILES string of the molecule is CCCNCc1ccc(S(=O)(=O)NCC(C)OC)s1. The van der Waals surface area contributed by atoms with E-state index in [0.29, 0.717) is 10.8 Å². The zero-order valence-corrected chi connectivity index (χ0v) is 13.2. The molecule has 1 atom stereocenters. The minimum atomic E-state index is -3.41. The van der Waals surface area contributed by atoms with Crippen LogP contribution in [0.25, 0.3) is 0 Å². The topological polar surface area (TPSA) is 67.4 Å². The molecule has 2 N–H and O–H groups in total. The molecule has 1 unspecified atom stereocenters. The van der Waals surface area contributed by atoms with Crippen LogP contribution in [0.5, 0.6) is 0 Å². The summed E-state index contributed by atoms with van der Waals surface area (Å²) in [5.41, 5.74) is 0. The predicted molar refractivity (Wildman–Crippen MR) is 78.0 cm³/mol. The first-order valence-corrected chi connectivity index (χ1v) is 8.61. The van der Waals surface area contributed by atoms with Gasteiger partial charge in [-0.1, -0.05) is 6.92 Å². The van der Waals surface area contributed by atoms with E-state index in [9.17, 15) is 8.42 Å². The lowest BCUT2D eigenvalue weighted by Gasteiger charge is -2.10. The molecule has 19 heavy (non-hydrogen) atoms. The van der Waals surface area contributed by atoms with Gasteiger partial charge < -0.3 is 10.1 Å². The Kier molecular flexibility index (Phi) is 6.95. The first-order valence-electron chi connectivity index (χ1n) is 6.31. The third-order valence-electron chi connectivity index (χ3n) is 2.59. The van der Waals surface area contributed by atoms with Gasteiger partial charge in [0.2, 0.25) is 10.0 Å². The van der Waals surface area contributed by atoms with Crippen molar-refractivity contribution in [2.75, 3.05) is 20.2 Å². The molecular formula is C12H22N2O3S2. The summed E-state index contributed by atoms with van der Waals surface area (Å²) in [6.45, 7) is 5.83. The van der Waals surface area contributed by atoms with Crippen LogP contribution in [-0.4, -0.2) is 34.7 Å². The van der Waals surface area contributed by atoms with Crippen molar-refractivity contribution in [1.29, 1.82) is 0 Å². The summed E-state index contributed by atoms with van der Waals surface area (Å²) in [5.74, 6) is 0. The Balaban J connectivity index is 2.58. The van der Waals surface area contributed by atoms with E-state index in [0.717, 1.165) is 17.8 Å². The highest BCUT2D eigenvalue weighted by Crippen LogP contribution is 2.21. The number of ether oxygens (including phenoxy) is 1. The molecule has 0 aliphatic carbocycles. The van der Waals surface area contributed by atoms with E-state index >= 15 is 0 Å². The number of nitrogens with one attached hydrogen (secondary N) is 2. The second-order valence-electron chi connectivity index (χ2n) is 4.30. The average molecular weight is 306 g/mol. The highest BCUT2D eigenvalue weighted by atomic mass is 32.2. The summed E-state index contributed by atoms with van der Waals surface area (Å²) < 4.78 is 32.0. The standard InChI is InChI=1S/C12H22N2O3S2/c1-4-7-13-9-11-5-6-12(18-11)19(15,16)14-8-10(2)17-3/h5-6,10,13-14H,4,7-9H2,1-3H3. The van der Waals surface area contributed by atoms with Gasteiger partial charge >= 0.3 is 0 Å². The molecule has 7 heteroatoms. The number of methoxy groups -OCH3 is 1. The van der Waals surface area contributed by atoms with Crippen molar-refractivity contribution in [3.05, 3.63) is 17.0 Å². The number of rotatable bonds is 9. The number of hydrogen-bond acceptors (Lipinski definition) is 5. The van der Waals surface area contributed by atoms with Crippen molar-refractivity contribution in [2.24, 2.45) is 0 Å². The van der Waals surface area contributed by atoms with Crippen LogP contribution in [0.2, 0.25) is 0 Å². The van der Waals surface area contributed by atoms with Crippen molar-refractivity contribution in [1.82, 2.24) is 10.0 Å². The summed E-state index contributed by atoms with van der Waals surface area (Å²) in [6, 6.07) is 3.50. The van der Waals surface area contributed by atoms with Crippen LogP contribution in [0.15, 0.2) is 16.3 Å². The normalized spacial score (nSPS) is 13.6. The maximum Gasteiger partial charge on any atom is 0.250 e. The predicted octanol–water partition coefficient (Wildman–Crippen LogP) is 1.56. The molecule has 0 aliphatic heterocycles. The molecule has 1 aromatic rings. The Morgan fingerprint density at radius 3 is 2.79 bits per heavy atom. The van der Waals surface area contributed by atoms with Crippen molar-refractivity contribution < 1.29 is 13.2 Å². The maximum atomic E-state index is 12.0. The quantitative estimate of drug-likeness (QED) is 0.680. The van der Waals surface area contributed by atoms with Crippen LogP contribution >= 0.6 is 11.3 Å². The van der Waals surface area contributed by atoms with Crippen LogP contribution < -0.4 is 10.0 Å². The minimum Gasteiger partial charge on any atom is -0.380 e. The lowest BCUT2D eigenvalue weighted by molar-refractivity contribution is 0.122. The molecule has 0 saturated heterocycles. The van der Waals surface area contributed by atoms with E-state index in [4.69, 9.17) is 4.74 Å². The molecule has 0 amide bonds. The molecule has 5 nitrogen and oxygen atoms in total. The highest BCUT2D eigenvalue weighted by molar-refractivity contribution is 7.91. The third-order valence-corrected chi connectivity index (χ3v) is 5.59. The van der Waals surface area contributed by atoms with Crippen molar-refractivity contribution in [3.63, 3.8) is 0 Å². The Morgan fingerprint density at radius 1 is 1.42 bits per heavy atom. The fourth-order valence-electron chi connectivity index (χ4n) is 1.37. The molecule has 0 bridgehead atoms. The molecule has 0 saturated carbocycles. The fraction of sp³-hybridized carbons (Fsp3) is 0.667. The van der Waals surface area contributed by atoms with Crippen molar-refractivity contribution >= 4 is 21.4 Å². The zero-order valence-electron chi connectivity index (χ0n) is 11.6. The van der Waals surface area contributed by atoms with Crippen LogP contribution in [0.3, 0.4) is 0 Å². The van der Waals surface area contributed by atoms with Gasteiger partial charge in [-0.15, -0.1) is 11.3 Å². The molecule has 110 valence electrons. The van der Waals surface area contributed by atoms with E-state index in [1.54, 1.807) is 13.2 Å². The third kappa shape index (κ3) is 5.58. The second kappa shape index (κ2) is 7.96. The van der Waals surface area contributed by atoms with Gasteiger partial charge in [-0.05, 0) is 32.0 Å². The van der Waals surface area contributed by atoms with Gasteiger partial charge in [0.25, 0.3) is 0 Å². The molecule has 0 aliphatic rings. The van der Waals surface area contributed by atoms with Gasteiger partial charge in [-0.2, -0.15) is 0 Å². The van der Waals surface area contributed by atoms with E-state index in [1.807, 2.05) is 13.0 Å². The van der Waals surface area contributed by atoms with Crippen molar-refractivity contribution in [2.45, 2.75) is 37.1 Å². The van der Waals surface area contributed by atoms with E-state index in [2.05, 4.69) is 17.0 Å². The van der Waals surface area contributed by atoms with Gasteiger partial charge in [0, 0.05) is 25.1 Å². The number of sulfonamides is 1. The monoisotopic (exact) mass is 306 g/mol. The first-order chi connectivity index (χ1) is 8.99. The average Bonchev–Trinajstić information content (AvgIpc) is 2.86. The van der Waals surface area contributed by atoms with Crippen LogP contribution in [0.1, 0.15) is 25.1 Å². The summed E-state index contributed by atoms with van der Waals surface area (Å²) in [4.78, 5) is 1.02. The smallest absolute Gasteiger partial charge is 0.250 e. The zero-order chi connectivity index (χ0) is 14.3. The fourth-order valence-corrected chi connectivity index (χ4v) is 3.85. The first kappa shape index (κ1) is 16.6. The number of hydrogen-bond donors (Lipinski definition) is 2. The van der Waals surface area contributed by atoms with E-state index in [1.165, 1.54) is 11.3 Å². The summed E-state index contributed by atoms with van der Waals surface area (Å²) in [5, 5.41) is 3.25. The van der Waals surface area contributed by atoms with Crippen LogP contribution in [0.4, 0.5) is 0 Å². The molecule has 0 fully saturated rings. The van der Waals surface area contributed by atoms with Gasteiger partial charge in [0.05, 0.1) is 6.10 Å². The molecule has 0 aromatic carbocycles. The molecule has 1 heterocycles. The van der Waals surface area contributed by atoms with Gasteiger partial charge in [-0.25, -0.2) is 13.1 Å². The molecule has 0 radical (unpaired) electrons. The maximum absolute atomic E-state index is 12.0. The summed E-state index contributed by atoms with van der Waals surface area (Å²) >= 11 is 1.30. The largest absolute Gasteiger partial charge is 0.380 e. The molecular weight excluding hydrogens is 284 g/mol. The summed E-state index contributed by atoms with van der Waals surface area (Å²) in [6.07, 6.45) is 0.924.